The summed E-state index contributed by atoms with van der Waals surface area (Å²) in [7, 11) is 3.76. The summed E-state index contributed by atoms with van der Waals surface area (Å²) in [5.74, 6) is 0.862. The van der Waals surface area contributed by atoms with Gasteiger partial charge in [0.15, 0.2) is 0 Å². The topological polar surface area (TPSA) is 38.5 Å². The first-order valence-electron chi connectivity index (χ1n) is 6.49. The summed E-state index contributed by atoms with van der Waals surface area (Å²) in [5.41, 5.74) is 8.94. The van der Waals surface area contributed by atoms with E-state index in [-0.39, 0.29) is 0 Å². The van der Waals surface area contributed by atoms with E-state index in [2.05, 4.69) is 40.0 Å². The average Bonchev–Trinajstić information content (AvgIpc) is 2.45. The van der Waals surface area contributed by atoms with Crippen LogP contribution in [0.1, 0.15) is 5.56 Å². The van der Waals surface area contributed by atoms with E-state index >= 15 is 0 Å². The molecule has 0 saturated heterocycles. The third kappa shape index (κ3) is 3.67. The summed E-state index contributed by atoms with van der Waals surface area (Å²) >= 11 is 3.51. The van der Waals surface area contributed by atoms with E-state index in [4.69, 9.17) is 10.5 Å². The van der Waals surface area contributed by atoms with Gasteiger partial charge in [0, 0.05) is 25.0 Å². The summed E-state index contributed by atoms with van der Waals surface area (Å²) in [6, 6.07) is 14.1. The largest absolute Gasteiger partial charge is 0.496 e. The number of methoxy groups -OCH3 is 1. The monoisotopic (exact) mass is 334 g/mol. The van der Waals surface area contributed by atoms with Crippen molar-refractivity contribution in [2.75, 3.05) is 31.3 Å². The highest BCUT2D eigenvalue weighted by Gasteiger charge is 2.04. The normalized spacial score (nSPS) is 10.3. The lowest BCUT2D eigenvalue weighted by atomic mass is 10.1. The molecular weight excluding hydrogens is 316 g/mol. The Balaban J connectivity index is 1.97. The lowest BCUT2D eigenvalue weighted by Gasteiger charge is -2.19. The fraction of sp³-hybridized carbons (Fsp3) is 0.250. The standard InChI is InChI=1S/C16H19BrN2O/c1-19(14-6-4-13(18)5-7-14)10-9-12-3-8-16(20-2)15(17)11-12/h3-8,11H,9-10,18H2,1-2H3. The third-order valence-corrected chi connectivity index (χ3v) is 3.91. The number of nitrogen functional groups attached to an aromatic ring is 1. The van der Waals surface area contributed by atoms with Crippen LogP contribution in [0.4, 0.5) is 11.4 Å². The molecule has 0 radical (unpaired) electrons. The van der Waals surface area contributed by atoms with Crippen LogP contribution in [0.3, 0.4) is 0 Å². The van der Waals surface area contributed by atoms with Crippen molar-refractivity contribution in [1.29, 1.82) is 0 Å². The first-order valence-corrected chi connectivity index (χ1v) is 7.28. The zero-order chi connectivity index (χ0) is 14.5. The van der Waals surface area contributed by atoms with E-state index in [9.17, 15) is 0 Å². The number of hydrogen-bond acceptors (Lipinski definition) is 3. The van der Waals surface area contributed by atoms with Crippen molar-refractivity contribution in [3.05, 3.63) is 52.5 Å². The zero-order valence-corrected chi connectivity index (χ0v) is 13.4. The minimum atomic E-state index is 0.793. The molecule has 0 spiro atoms. The molecular formula is C16H19BrN2O. The van der Waals surface area contributed by atoms with Crippen molar-refractivity contribution in [2.45, 2.75) is 6.42 Å². The van der Waals surface area contributed by atoms with Gasteiger partial charge in [-0.25, -0.2) is 0 Å². The molecule has 0 heterocycles. The number of benzene rings is 2. The van der Waals surface area contributed by atoms with E-state index in [1.165, 1.54) is 11.3 Å². The minimum absolute atomic E-state index is 0.793. The molecule has 3 nitrogen and oxygen atoms in total. The van der Waals surface area contributed by atoms with Gasteiger partial charge in [-0.2, -0.15) is 0 Å². The molecule has 0 aliphatic carbocycles. The van der Waals surface area contributed by atoms with Crippen molar-refractivity contribution in [3.63, 3.8) is 0 Å². The highest BCUT2D eigenvalue weighted by molar-refractivity contribution is 9.10. The first kappa shape index (κ1) is 14.7. The van der Waals surface area contributed by atoms with Gasteiger partial charge in [-0.1, -0.05) is 6.07 Å². The van der Waals surface area contributed by atoms with Crippen molar-refractivity contribution >= 4 is 27.3 Å². The van der Waals surface area contributed by atoms with E-state index in [1.54, 1.807) is 7.11 Å². The highest BCUT2D eigenvalue weighted by Crippen LogP contribution is 2.26. The Labute approximate surface area is 128 Å². The molecule has 2 aromatic rings. The number of hydrogen-bond donors (Lipinski definition) is 1. The average molecular weight is 335 g/mol. The smallest absolute Gasteiger partial charge is 0.133 e. The number of likely N-dealkylation sites (N-methyl/N-ethyl adjacent to an activating group) is 1. The summed E-state index contributed by atoms with van der Waals surface area (Å²) in [4.78, 5) is 2.22. The van der Waals surface area contributed by atoms with Crippen LogP contribution in [0.25, 0.3) is 0 Å². The van der Waals surface area contributed by atoms with Gasteiger partial charge in [0.05, 0.1) is 11.6 Å². The quantitative estimate of drug-likeness (QED) is 0.847. The fourth-order valence-corrected chi connectivity index (χ4v) is 2.61. The van der Waals surface area contributed by atoms with Gasteiger partial charge >= 0.3 is 0 Å². The number of ether oxygens (including phenoxy) is 1. The predicted molar refractivity (Wildman–Crippen MR) is 88.5 cm³/mol. The van der Waals surface area contributed by atoms with Gasteiger partial charge in [0.1, 0.15) is 5.75 Å². The van der Waals surface area contributed by atoms with Gasteiger partial charge < -0.3 is 15.4 Å². The Morgan fingerprint density at radius 2 is 1.85 bits per heavy atom. The molecule has 4 heteroatoms. The zero-order valence-electron chi connectivity index (χ0n) is 11.8. The molecule has 0 amide bonds. The van der Waals surface area contributed by atoms with Crippen molar-refractivity contribution < 1.29 is 4.74 Å². The van der Waals surface area contributed by atoms with Crippen LogP contribution in [-0.4, -0.2) is 20.7 Å². The Kier molecular flexibility index (Phi) is 4.90. The molecule has 0 aliphatic heterocycles. The molecule has 0 unspecified atom stereocenters. The van der Waals surface area contributed by atoms with Crippen LogP contribution < -0.4 is 15.4 Å². The van der Waals surface area contributed by atoms with Crippen molar-refractivity contribution in [3.8, 4) is 5.75 Å². The second-order valence-electron chi connectivity index (χ2n) is 4.73. The van der Waals surface area contributed by atoms with E-state index < -0.39 is 0 Å². The lowest BCUT2D eigenvalue weighted by Crippen LogP contribution is -2.20. The number of halogens is 1. The van der Waals surface area contributed by atoms with Crippen LogP contribution >= 0.6 is 15.9 Å². The van der Waals surface area contributed by atoms with Crippen molar-refractivity contribution in [1.82, 2.24) is 0 Å². The van der Waals surface area contributed by atoms with Crippen LogP contribution in [0.2, 0.25) is 0 Å². The van der Waals surface area contributed by atoms with Gasteiger partial charge in [-0.05, 0) is 64.3 Å². The molecule has 106 valence electrons. The Morgan fingerprint density at radius 1 is 1.15 bits per heavy atom. The van der Waals surface area contributed by atoms with Gasteiger partial charge in [-0.15, -0.1) is 0 Å². The summed E-state index contributed by atoms with van der Waals surface area (Å²) in [5, 5.41) is 0. The Bertz CT molecular complexity index is 569. The molecule has 0 aromatic heterocycles. The summed E-state index contributed by atoms with van der Waals surface area (Å²) in [6.07, 6.45) is 0.976. The summed E-state index contributed by atoms with van der Waals surface area (Å²) < 4.78 is 6.23. The molecule has 2 rings (SSSR count). The number of nitrogens with zero attached hydrogens (tertiary/aromatic N) is 1. The third-order valence-electron chi connectivity index (χ3n) is 3.29. The van der Waals surface area contributed by atoms with Gasteiger partial charge in [-0.3, -0.25) is 0 Å². The molecule has 0 atom stereocenters. The molecule has 0 aliphatic rings. The van der Waals surface area contributed by atoms with E-state index in [0.29, 0.717) is 0 Å². The first-order chi connectivity index (χ1) is 9.60. The number of nitrogens with two attached hydrogens (primary N) is 1. The molecule has 20 heavy (non-hydrogen) atoms. The van der Waals surface area contributed by atoms with E-state index in [1.807, 2.05) is 30.3 Å². The second-order valence-corrected chi connectivity index (χ2v) is 5.59. The summed E-state index contributed by atoms with van der Waals surface area (Å²) in [6.45, 7) is 0.947. The maximum atomic E-state index is 5.70. The predicted octanol–water partition coefficient (Wildman–Crippen LogP) is 3.72. The molecule has 0 saturated carbocycles. The van der Waals surface area contributed by atoms with Crippen molar-refractivity contribution in [2.24, 2.45) is 0 Å². The molecule has 2 aromatic carbocycles. The van der Waals surface area contributed by atoms with Crippen LogP contribution in [0.15, 0.2) is 46.9 Å². The highest BCUT2D eigenvalue weighted by atomic mass is 79.9. The second kappa shape index (κ2) is 6.66. The molecule has 0 fully saturated rings. The minimum Gasteiger partial charge on any atom is -0.496 e. The Hall–Kier alpha value is -1.68. The number of anilines is 2. The van der Waals surface area contributed by atoms with Gasteiger partial charge in [0.2, 0.25) is 0 Å². The van der Waals surface area contributed by atoms with Gasteiger partial charge in [0.25, 0.3) is 0 Å². The molecule has 2 N–H and O–H groups in total. The number of rotatable bonds is 5. The molecule has 0 bridgehead atoms. The lowest BCUT2D eigenvalue weighted by molar-refractivity contribution is 0.412. The van der Waals surface area contributed by atoms with Crippen LogP contribution in [-0.2, 0) is 6.42 Å². The fourth-order valence-electron chi connectivity index (χ4n) is 2.02. The maximum absolute atomic E-state index is 5.70. The van der Waals surface area contributed by atoms with Crippen LogP contribution in [0.5, 0.6) is 5.75 Å². The Morgan fingerprint density at radius 3 is 2.45 bits per heavy atom. The SMILES string of the molecule is COc1ccc(CCN(C)c2ccc(N)cc2)cc1Br. The van der Waals surface area contributed by atoms with E-state index in [0.717, 1.165) is 28.9 Å². The maximum Gasteiger partial charge on any atom is 0.133 e. The van der Waals surface area contributed by atoms with Crippen LogP contribution in [0, 0.1) is 0 Å².